The lowest BCUT2D eigenvalue weighted by molar-refractivity contribution is -0.143. The fourth-order valence-corrected chi connectivity index (χ4v) is 4.34. The van der Waals surface area contributed by atoms with E-state index in [4.69, 9.17) is 18.6 Å². The van der Waals surface area contributed by atoms with Gasteiger partial charge in [-0.15, -0.1) is 0 Å². The van der Waals surface area contributed by atoms with Gasteiger partial charge in [0.25, 0.3) is 0 Å². The monoisotopic (exact) mass is 451 g/mol. The first-order valence-electron chi connectivity index (χ1n) is 11.0. The van der Waals surface area contributed by atoms with Crippen molar-refractivity contribution in [3.05, 3.63) is 77.7 Å². The Morgan fingerprint density at radius 1 is 1.06 bits per heavy atom. The molecule has 7 heteroatoms. The minimum absolute atomic E-state index is 0.194. The summed E-state index contributed by atoms with van der Waals surface area (Å²) in [5.41, 5.74) is 1.97. The summed E-state index contributed by atoms with van der Waals surface area (Å²) in [4.78, 5) is 13.7. The Labute approximate surface area is 193 Å². The minimum atomic E-state index is -0.729. The topological polar surface area (TPSA) is 81.4 Å². The number of furan rings is 1. The lowest BCUT2D eigenvalue weighted by Gasteiger charge is -2.36. The fraction of sp³-hybridized carbons (Fsp3) is 0.346. The van der Waals surface area contributed by atoms with E-state index < -0.39 is 5.97 Å². The maximum absolute atomic E-state index is 11.4. The molecule has 1 aliphatic rings. The lowest BCUT2D eigenvalue weighted by Crippen LogP contribution is -2.39. The molecule has 33 heavy (non-hydrogen) atoms. The van der Waals surface area contributed by atoms with E-state index in [0.29, 0.717) is 49.8 Å². The smallest absolute Gasteiger partial charge is 0.306 e. The zero-order valence-corrected chi connectivity index (χ0v) is 18.9. The van der Waals surface area contributed by atoms with Crippen molar-refractivity contribution in [2.45, 2.75) is 25.5 Å². The first-order chi connectivity index (χ1) is 16.1. The van der Waals surface area contributed by atoms with Crippen LogP contribution in [0.3, 0.4) is 0 Å². The highest BCUT2D eigenvalue weighted by Gasteiger charge is 2.32. The Balaban J connectivity index is 1.65. The second kappa shape index (κ2) is 10.4. The highest BCUT2D eigenvalue weighted by molar-refractivity contribution is 5.70. The number of nitrogens with zero attached hydrogens (tertiary/aromatic N) is 1. The van der Waals surface area contributed by atoms with Crippen molar-refractivity contribution < 1.29 is 28.5 Å². The molecular weight excluding hydrogens is 422 g/mol. The molecule has 0 saturated carbocycles. The molecule has 1 unspecified atom stereocenters. The second-order valence-electron chi connectivity index (χ2n) is 8.10. The second-order valence-corrected chi connectivity index (χ2v) is 8.10. The molecule has 0 amide bonds. The molecule has 1 aliphatic heterocycles. The van der Waals surface area contributed by atoms with Crippen LogP contribution in [0.15, 0.2) is 65.3 Å². The quantitative estimate of drug-likeness (QED) is 0.502. The van der Waals surface area contributed by atoms with E-state index >= 15 is 0 Å². The maximum atomic E-state index is 11.4. The Bertz CT molecular complexity index is 1020. The van der Waals surface area contributed by atoms with Crippen LogP contribution in [0.2, 0.25) is 0 Å². The summed E-state index contributed by atoms with van der Waals surface area (Å²) < 4.78 is 23.3. The first-order valence-corrected chi connectivity index (χ1v) is 11.0. The van der Waals surface area contributed by atoms with Crippen molar-refractivity contribution in [3.8, 4) is 17.2 Å². The third-order valence-corrected chi connectivity index (χ3v) is 6.08. The summed E-state index contributed by atoms with van der Waals surface area (Å²) in [6.45, 7) is 1.69. The molecule has 2 aromatic carbocycles. The number of likely N-dealkylation sites (tertiary alicyclic amines) is 1. The molecule has 1 N–H and O–H groups in total. The predicted octanol–water partition coefficient (Wildman–Crippen LogP) is 4.76. The van der Waals surface area contributed by atoms with E-state index in [0.717, 1.165) is 16.9 Å². The SMILES string of the molecule is COc1cc(C(c2ccco2)N2CCC(C(=O)O)CC2)cc(OC)c1OCc1ccccc1. The average Bonchev–Trinajstić information content (AvgIpc) is 3.38. The summed E-state index contributed by atoms with van der Waals surface area (Å²) in [7, 11) is 3.21. The van der Waals surface area contributed by atoms with Gasteiger partial charge in [-0.05, 0) is 61.3 Å². The van der Waals surface area contributed by atoms with Gasteiger partial charge in [0, 0.05) is 0 Å². The van der Waals surface area contributed by atoms with Crippen LogP contribution in [-0.4, -0.2) is 43.3 Å². The van der Waals surface area contributed by atoms with Crippen LogP contribution in [0.5, 0.6) is 17.2 Å². The molecule has 1 aromatic heterocycles. The van der Waals surface area contributed by atoms with Crippen molar-refractivity contribution in [1.29, 1.82) is 0 Å². The molecule has 0 spiro atoms. The highest BCUT2D eigenvalue weighted by Crippen LogP contribution is 2.43. The number of carboxylic acids is 1. The molecule has 0 aliphatic carbocycles. The fourth-order valence-electron chi connectivity index (χ4n) is 4.34. The number of aliphatic carboxylic acids is 1. The van der Waals surface area contributed by atoms with Gasteiger partial charge in [-0.1, -0.05) is 30.3 Å². The number of piperidine rings is 1. The normalized spacial score (nSPS) is 15.7. The van der Waals surface area contributed by atoms with Crippen LogP contribution in [0.1, 0.15) is 35.8 Å². The molecule has 1 saturated heterocycles. The molecular formula is C26H29NO6. The number of ether oxygens (including phenoxy) is 3. The number of hydrogen-bond donors (Lipinski definition) is 1. The van der Waals surface area contributed by atoms with E-state index in [-0.39, 0.29) is 12.0 Å². The molecule has 7 nitrogen and oxygen atoms in total. The van der Waals surface area contributed by atoms with Crippen LogP contribution >= 0.6 is 0 Å². The summed E-state index contributed by atoms with van der Waals surface area (Å²) >= 11 is 0. The van der Waals surface area contributed by atoms with Gasteiger partial charge < -0.3 is 23.7 Å². The van der Waals surface area contributed by atoms with Crippen LogP contribution in [0.4, 0.5) is 0 Å². The highest BCUT2D eigenvalue weighted by atomic mass is 16.5. The number of hydrogen-bond acceptors (Lipinski definition) is 6. The van der Waals surface area contributed by atoms with E-state index in [1.54, 1.807) is 20.5 Å². The van der Waals surface area contributed by atoms with Gasteiger partial charge >= 0.3 is 5.97 Å². The van der Waals surface area contributed by atoms with Gasteiger partial charge in [0.15, 0.2) is 11.5 Å². The summed E-state index contributed by atoms with van der Waals surface area (Å²) in [6, 6.07) is 17.4. The van der Waals surface area contributed by atoms with Crippen LogP contribution in [0, 0.1) is 5.92 Å². The Morgan fingerprint density at radius 3 is 2.27 bits per heavy atom. The summed E-state index contributed by atoms with van der Waals surface area (Å²) in [5, 5.41) is 9.38. The summed E-state index contributed by atoms with van der Waals surface area (Å²) in [6.07, 6.45) is 2.84. The maximum Gasteiger partial charge on any atom is 0.306 e. The van der Waals surface area contributed by atoms with E-state index in [1.165, 1.54) is 0 Å². The van der Waals surface area contributed by atoms with Crippen molar-refractivity contribution in [1.82, 2.24) is 4.90 Å². The number of carboxylic acid groups (broad SMARTS) is 1. The largest absolute Gasteiger partial charge is 0.493 e. The molecule has 1 atom stereocenters. The predicted molar refractivity (Wildman–Crippen MR) is 123 cm³/mol. The lowest BCUT2D eigenvalue weighted by atomic mass is 9.93. The van der Waals surface area contributed by atoms with Crippen LogP contribution < -0.4 is 14.2 Å². The molecule has 0 radical (unpaired) electrons. The molecule has 0 bridgehead atoms. The Morgan fingerprint density at radius 2 is 1.73 bits per heavy atom. The third-order valence-electron chi connectivity index (χ3n) is 6.08. The van der Waals surface area contributed by atoms with E-state index in [1.807, 2.05) is 54.6 Å². The van der Waals surface area contributed by atoms with Gasteiger partial charge in [0.05, 0.1) is 32.4 Å². The summed E-state index contributed by atoms with van der Waals surface area (Å²) in [5.74, 6) is 1.42. The zero-order chi connectivity index (χ0) is 23.2. The Kier molecular flexibility index (Phi) is 7.19. The van der Waals surface area contributed by atoms with Crippen molar-refractivity contribution in [2.75, 3.05) is 27.3 Å². The van der Waals surface area contributed by atoms with Gasteiger partial charge in [-0.25, -0.2) is 0 Å². The standard InChI is InChI=1S/C26H29NO6/c1-30-22-15-20(16-23(31-2)25(22)33-17-18-7-4-3-5-8-18)24(21-9-6-14-32-21)27-12-10-19(11-13-27)26(28)29/h3-9,14-16,19,24H,10-13,17H2,1-2H3,(H,28,29). The number of rotatable bonds is 9. The average molecular weight is 452 g/mol. The molecule has 174 valence electrons. The van der Waals surface area contributed by atoms with E-state index in [2.05, 4.69) is 4.90 Å². The van der Waals surface area contributed by atoms with Gasteiger partial charge in [0.1, 0.15) is 12.4 Å². The minimum Gasteiger partial charge on any atom is -0.493 e. The van der Waals surface area contributed by atoms with Crippen molar-refractivity contribution in [2.24, 2.45) is 5.92 Å². The Hall–Kier alpha value is -3.45. The van der Waals surface area contributed by atoms with Crippen LogP contribution in [0.25, 0.3) is 0 Å². The van der Waals surface area contributed by atoms with E-state index in [9.17, 15) is 9.90 Å². The zero-order valence-electron chi connectivity index (χ0n) is 18.9. The molecule has 4 rings (SSSR count). The van der Waals surface area contributed by atoms with Gasteiger partial charge in [-0.2, -0.15) is 0 Å². The third kappa shape index (κ3) is 5.14. The molecule has 1 fully saturated rings. The van der Waals surface area contributed by atoms with Crippen molar-refractivity contribution >= 4 is 5.97 Å². The molecule has 3 aromatic rings. The number of benzene rings is 2. The number of methoxy groups -OCH3 is 2. The first kappa shape index (κ1) is 22.7. The van der Waals surface area contributed by atoms with Gasteiger partial charge in [-0.3, -0.25) is 9.69 Å². The number of carbonyl (C=O) groups is 1. The van der Waals surface area contributed by atoms with Crippen LogP contribution in [-0.2, 0) is 11.4 Å². The van der Waals surface area contributed by atoms with Crippen molar-refractivity contribution in [3.63, 3.8) is 0 Å². The van der Waals surface area contributed by atoms with Gasteiger partial charge in [0.2, 0.25) is 5.75 Å². The molecule has 2 heterocycles.